The molecule has 32 heavy (non-hydrogen) atoms. The van der Waals surface area contributed by atoms with Crippen LogP contribution in [-0.4, -0.2) is 15.1 Å². The van der Waals surface area contributed by atoms with E-state index in [-0.39, 0.29) is 22.6 Å². The van der Waals surface area contributed by atoms with Crippen LogP contribution in [0, 0.1) is 6.92 Å². The van der Waals surface area contributed by atoms with Crippen molar-refractivity contribution in [3.63, 3.8) is 0 Å². The quantitative estimate of drug-likeness (QED) is 0.392. The first-order valence-electron chi connectivity index (χ1n) is 9.83. The summed E-state index contributed by atoms with van der Waals surface area (Å²) in [6.45, 7) is 2.27. The van der Waals surface area contributed by atoms with Gasteiger partial charge in [-0.2, -0.15) is 13.2 Å². The van der Waals surface area contributed by atoms with Gasteiger partial charge in [0.05, 0.1) is 5.69 Å². The lowest BCUT2D eigenvalue weighted by molar-refractivity contribution is -0.140. The molecule has 162 valence electrons. The molecule has 3 aromatic carbocycles. The van der Waals surface area contributed by atoms with Gasteiger partial charge in [-0.3, -0.25) is 0 Å². The topological polar surface area (TPSA) is 55.2 Å². The van der Waals surface area contributed by atoms with Gasteiger partial charge in [-0.05, 0) is 35.7 Å². The average molecular weight is 436 g/mol. The van der Waals surface area contributed by atoms with Crippen molar-refractivity contribution in [3.05, 3.63) is 95.9 Å². The van der Waals surface area contributed by atoms with E-state index in [0.717, 1.165) is 17.5 Å². The number of nitrogens with zero attached hydrogens (tertiary/aromatic N) is 2. The van der Waals surface area contributed by atoms with Crippen LogP contribution in [0.25, 0.3) is 22.4 Å². The summed E-state index contributed by atoms with van der Waals surface area (Å²) in [6, 6.07) is 20.3. The molecule has 0 saturated carbocycles. The third-order valence-electron chi connectivity index (χ3n) is 5.06. The largest absolute Gasteiger partial charge is 0.507 e. The third-order valence-corrected chi connectivity index (χ3v) is 5.06. The van der Waals surface area contributed by atoms with Gasteiger partial charge in [0.1, 0.15) is 24.4 Å². The second kappa shape index (κ2) is 8.70. The van der Waals surface area contributed by atoms with Gasteiger partial charge in [0.25, 0.3) is 0 Å². The molecule has 0 fully saturated rings. The van der Waals surface area contributed by atoms with Gasteiger partial charge in [0, 0.05) is 17.2 Å². The van der Waals surface area contributed by atoms with E-state index >= 15 is 0 Å². The summed E-state index contributed by atoms with van der Waals surface area (Å²) in [5, 5.41) is 10.6. The molecule has 0 aliphatic heterocycles. The van der Waals surface area contributed by atoms with Crippen LogP contribution in [0.1, 0.15) is 16.8 Å². The van der Waals surface area contributed by atoms with Crippen LogP contribution in [-0.2, 0) is 12.8 Å². The van der Waals surface area contributed by atoms with Gasteiger partial charge in [-0.15, -0.1) is 0 Å². The van der Waals surface area contributed by atoms with Crippen molar-refractivity contribution in [2.45, 2.75) is 19.7 Å². The molecule has 1 N–H and O–H groups in total. The Hall–Kier alpha value is -3.87. The van der Waals surface area contributed by atoms with Gasteiger partial charge in [-0.1, -0.05) is 54.6 Å². The van der Waals surface area contributed by atoms with Crippen molar-refractivity contribution in [3.8, 4) is 33.9 Å². The van der Waals surface area contributed by atoms with Crippen molar-refractivity contribution in [2.75, 3.05) is 0 Å². The van der Waals surface area contributed by atoms with E-state index in [2.05, 4.69) is 9.97 Å². The zero-order chi connectivity index (χ0) is 22.7. The molecular formula is C25H19F3N2O2. The molecule has 4 nitrogen and oxygen atoms in total. The summed E-state index contributed by atoms with van der Waals surface area (Å²) < 4.78 is 46.9. The summed E-state index contributed by atoms with van der Waals surface area (Å²) in [5.74, 6) is 0.150. The highest BCUT2D eigenvalue weighted by Gasteiger charge is 2.37. The molecule has 4 aromatic rings. The standard InChI is InChI=1S/C25H19F3N2O2/c1-16-7-5-6-10-18(16)14-32-19-11-12-20(21(31)13-19)23-22(17-8-3-2-4-9-17)24(25(26,27)28)30-15-29-23/h2-13,15,31H,14H2,1H3. The number of benzene rings is 3. The van der Waals surface area contributed by atoms with Crippen molar-refractivity contribution in [1.29, 1.82) is 0 Å². The molecule has 7 heteroatoms. The van der Waals surface area contributed by atoms with E-state index in [9.17, 15) is 18.3 Å². The Morgan fingerprint density at radius 2 is 1.62 bits per heavy atom. The highest BCUT2D eigenvalue weighted by Crippen LogP contribution is 2.42. The Morgan fingerprint density at radius 3 is 2.31 bits per heavy atom. The second-order valence-corrected chi connectivity index (χ2v) is 7.20. The maximum absolute atomic E-state index is 13.7. The van der Waals surface area contributed by atoms with E-state index in [1.807, 2.05) is 31.2 Å². The maximum Gasteiger partial charge on any atom is 0.434 e. The molecule has 0 radical (unpaired) electrons. The lowest BCUT2D eigenvalue weighted by Crippen LogP contribution is -2.12. The SMILES string of the molecule is Cc1ccccc1COc1ccc(-c2ncnc(C(F)(F)F)c2-c2ccccc2)c(O)c1. The van der Waals surface area contributed by atoms with Crippen molar-refractivity contribution in [2.24, 2.45) is 0 Å². The minimum atomic E-state index is -4.69. The minimum Gasteiger partial charge on any atom is -0.507 e. The molecule has 0 atom stereocenters. The van der Waals surface area contributed by atoms with Gasteiger partial charge in [-0.25, -0.2) is 9.97 Å². The number of phenols is 1. The summed E-state index contributed by atoms with van der Waals surface area (Å²) in [5.41, 5.74) is 1.25. The van der Waals surface area contributed by atoms with Crippen LogP contribution in [0.2, 0.25) is 0 Å². The van der Waals surface area contributed by atoms with Crippen molar-refractivity contribution < 1.29 is 23.0 Å². The molecule has 0 saturated heterocycles. The number of alkyl halides is 3. The normalized spacial score (nSPS) is 11.4. The molecular weight excluding hydrogens is 417 g/mol. The van der Waals surface area contributed by atoms with Crippen LogP contribution < -0.4 is 4.74 Å². The highest BCUT2D eigenvalue weighted by molar-refractivity contribution is 5.85. The molecule has 1 heterocycles. The second-order valence-electron chi connectivity index (χ2n) is 7.20. The molecule has 0 aliphatic carbocycles. The number of ether oxygens (including phenoxy) is 1. The van der Waals surface area contributed by atoms with E-state index in [4.69, 9.17) is 4.74 Å². The Bertz CT molecular complexity index is 1240. The molecule has 0 aliphatic rings. The molecule has 0 spiro atoms. The number of rotatable bonds is 5. The number of aromatic nitrogens is 2. The number of aromatic hydroxyl groups is 1. The summed E-state index contributed by atoms with van der Waals surface area (Å²) in [7, 11) is 0. The first-order valence-corrected chi connectivity index (χ1v) is 9.83. The van der Waals surface area contributed by atoms with E-state index in [1.54, 1.807) is 36.4 Å². The van der Waals surface area contributed by atoms with Gasteiger partial charge >= 0.3 is 6.18 Å². The van der Waals surface area contributed by atoms with E-state index in [1.165, 1.54) is 12.1 Å². The smallest absolute Gasteiger partial charge is 0.434 e. The van der Waals surface area contributed by atoms with Gasteiger partial charge in [0.15, 0.2) is 5.69 Å². The summed E-state index contributed by atoms with van der Waals surface area (Å²) >= 11 is 0. The fraction of sp³-hybridized carbons (Fsp3) is 0.120. The van der Waals surface area contributed by atoms with Gasteiger partial charge in [0.2, 0.25) is 0 Å². The summed E-state index contributed by atoms with van der Waals surface area (Å²) in [4.78, 5) is 7.57. The van der Waals surface area contributed by atoms with E-state index < -0.39 is 11.9 Å². The number of hydrogen-bond donors (Lipinski definition) is 1. The van der Waals surface area contributed by atoms with Crippen molar-refractivity contribution >= 4 is 0 Å². The highest BCUT2D eigenvalue weighted by atomic mass is 19.4. The number of halogens is 3. The molecule has 0 bridgehead atoms. The van der Waals surface area contributed by atoms with Crippen LogP contribution in [0.3, 0.4) is 0 Å². The van der Waals surface area contributed by atoms with Crippen molar-refractivity contribution in [1.82, 2.24) is 9.97 Å². The predicted molar refractivity (Wildman–Crippen MR) is 115 cm³/mol. The molecule has 4 rings (SSSR count). The summed E-state index contributed by atoms with van der Waals surface area (Å²) in [6.07, 6.45) is -3.83. The first kappa shape index (κ1) is 21.4. The Labute approximate surface area is 183 Å². The zero-order valence-corrected chi connectivity index (χ0v) is 17.1. The lowest BCUT2D eigenvalue weighted by Gasteiger charge is -2.16. The Morgan fingerprint density at radius 1 is 0.906 bits per heavy atom. The third kappa shape index (κ3) is 4.42. The first-order chi connectivity index (χ1) is 15.3. The predicted octanol–water partition coefficient (Wildman–Crippen LogP) is 6.42. The zero-order valence-electron chi connectivity index (χ0n) is 17.1. The number of hydrogen-bond acceptors (Lipinski definition) is 4. The number of aryl methyl sites for hydroxylation is 1. The fourth-order valence-electron chi connectivity index (χ4n) is 3.42. The molecule has 1 aromatic heterocycles. The monoisotopic (exact) mass is 436 g/mol. The molecule has 0 unspecified atom stereocenters. The minimum absolute atomic E-state index is 0.0125. The average Bonchev–Trinajstić information content (AvgIpc) is 2.78. The molecule has 0 amide bonds. The Balaban J connectivity index is 1.73. The maximum atomic E-state index is 13.7. The van der Waals surface area contributed by atoms with Crippen LogP contribution in [0.5, 0.6) is 11.5 Å². The van der Waals surface area contributed by atoms with Crippen LogP contribution in [0.4, 0.5) is 13.2 Å². The van der Waals surface area contributed by atoms with Crippen LogP contribution in [0.15, 0.2) is 79.1 Å². The van der Waals surface area contributed by atoms with Crippen LogP contribution >= 0.6 is 0 Å². The fourth-order valence-corrected chi connectivity index (χ4v) is 3.42. The number of phenolic OH excluding ortho intramolecular Hbond substituents is 1. The van der Waals surface area contributed by atoms with Gasteiger partial charge < -0.3 is 9.84 Å². The Kier molecular flexibility index (Phi) is 5.81. The lowest BCUT2D eigenvalue weighted by atomic mass is 9.96. The van der Waals surface area contributed by atoms with E-state index in [0.29, 0.717) is 17.9 Å².